The molecule has 1 aromatic rings. The predicted octanol–water partition coefficient (Wildman–Crippen LogP) is -5.49. The van der Waals surface area contributed by atoms with Gasteiger partial charge in [0.05, 0.1) is 6.54 Å². The van der Waals surface area contributed by atoms with E-state index < -0.39 is 35.7 Å². The zero-order valence-electron chi connectivity index (χ0n) is 9.90. The van der Waals surface area contributed by atoms with Crippen molar-refractivity contribution in [2.45, 2.75) is 25.6 Å². The molecule has 0 fully saturated rings. The van der Waals surface area contributed by atoms with Crippen molar-refractivity contribution in [3.63, 3.8) is 0 Å². The molecule has 1 aromatic heterocycles. The van der Waals surface area contributed by atoms with Crippen LogP contribution in [0.1, 0.15) is 6.42 Å². The van der Waals surface area contributed by atoms with E-state index in [-0.39, 0.29) is 13.1 Å². The smallest absolute Gasteiger partial charge is 0.331 e. The van der Waals surface area contributed by atoms with Crippen LogP contribution < -0.4 is 27.2 Å². The Balaban J connectivity index is 3.06. The molecule has 0 saturated heterocycles. The molecule has 9 nitrogen and oxygen atoms in total. The number of aliphatic carboxylic acids is 2. The molecule has 0 aliphatic rings. The average molecular weight is 270 g/mol. The average Bonchev–Trinajstić information content (AvgIpc) is 2.32. The highest BCUT2D eigenvalue weighted by Gasteiger charge is 2.11. The Kier molecular flexibility index (Phi) is 4.59. The molecule has 0 saturated carbocycles. The highest BCUT2D eigenvalue weighted by Crippen LogP contribution is 1.85. The minimum absolute atomic E-state index is 0.271. The summed E-state index contributed by atoms with van der Waals surface area (Å²) in [5, 5.41) is 20.9. The van der Waals surface area contributed by atoms with Crippen molar-refractivity contribution >= 4 is 11.9 Å². The third-order valence-corrected chi connectivity index (χ3v) is 2.43. The van der Waals surface area contributed by atoms with E-state index in [9.17, 15) is 29.4 Å². The molecule has 0 amide bonds. The van der Waals surface area contributed by atoms with Gasteiger partial charge >= 0.3 is 5.69 Å². The molecule has 1 rings (SSSR count). The van der Waals surface area contributed by atoms with Crippen LogP contribution in [0.25, 0.3) is 0 Å². The summed E-state index contributed by atoms with van der Waals surface area (Å²) in [7, 11) is 0. The number of carbonyl (C=O) groups excluding carboxylic acids is 2. The second-order valence-corrected chi connectivity index (χ2v) is 3.88. The van der Waals surface area contributed by atoms with E-state index in [1.54, 1.807) is 0 Å². The Labute approximate surface area is 106 Å². The van der Waals surface area contributed by atoms with Gasteiger partial charge in [0.1, 0.15) is 12.0 Å². The summed E-state index contributed by atoms with van der Waals surface area (Å²) in [5.41, 5.74) is 1.81. The van der Waals surface area contributed by atoms with Crippen LogP contribution >= 0.6 is 0 Å². The van der Waals surface area contributed by atoms with Crippen molar-refractivity contribution in [3.8, 4) is 0 Å². The van der Waals surface area contributed by atoms with Gasteiger partial charge in [0.25, 0.3) is 5.56 Å². The minimum atomic E-state index is -1.43. The van der Waals surface area contributed by atoms with Gasteiger partial charge < -0.3 is 25.5 Å². The van der Waals surface area contributed by atoms with Crippen LogP contribution in [-0.4, -0.2) is 27.1 Å². The quantitative estimate of drug-likeness (QED) is 0.544. The number of carboxylic acids is 2. The number of aromatic nitrogens is 2. The van der Waals surface area contributed by atoms with Gasteiger partial charge in [-0.05, 0) is 0 Å². The number of nitrogens with zero attached hydrogens (tertiary/aromatic N) is 2. The molecule has 0 unspecified atom stereocenters. The molecule has 1 atom stereocenters. The maximum Gasteiger partial charge on any atom is 0.331 e. The van der Waals surface area contributed by atoms with E-state index in [0.717, 1.165) is 16.8 Å². The van der Waals surface area contributed by atoms with Gasteiger partial charge in [-0.25, -0.2) is 4.79 Å². The number of hydrogen-bond donors (Lipinski definition) is 1. The molecule has 0 aliphatic carbocycles. The fourth-order valence-corrected chi connectivity index (χ4v) is 1.42. The number of quaternary nitrogens is 1. The number of carbonyl (C=O) groups is 2. The lowest BCUT2D eigenvalue weighted by Crippen LogP contribution is -2.70. The van der Waals surface area contributed by atoms with Crippen molar-refractivity contribution in [1.29, 1.82) is 0 Å². The molecule has 0 radical (unpaired) electrons. The zero-order chi connectivity index (χ0) is 14.6. The van der Waals surface area contributed by atoms with Gasteiger partial charge in [0, 0.05) is 31.2 Å². The van der Waals surface area contributed by atoms with Crippen molar-refractivity contribution in [1.82, 2.24) is 9.13 Å². The molecule has 0 aliphatic heterocycles. The maximum absolute atomic E-state index is 11.8. The third kappa shape index (κ3) is 3.78. The molecule has 0 spiro atoms. The lowest BCUT2D eigenvalue weighted by Gasteiger charge is -2.13. The molecule has 104 valence electrons. The Hall–Kier alpha value is -2.42. The first-order chi connectivity index (χ1) is 8.82. The van der Waals surface area contributed by atoms with Crippen LogP contribution in [0.2, 0.25) is 0 Å². The summed E-state index contributed by atoms with van der Waals surface area (Å²) < 4.78 is 1.65. The maximum atomic E-state index is 11.8. The first-order valence-corrected chi connectivity index (χ1v) is 5.37. The minimum Gasteiger partial charge on any atom is -0.550 e. The largest absolute Gasteiger partial charge is 0.550 e. The van der Waals surface area contributed by atoms with Crippen LogP contribution in [0, 0.1) is 0 Å². The SMILES string of the molecule is [NH3+][C@@H](Cn1ccc(=O)n(CCC(=O)[O-])c1=O)C(=O)[O-]. The molecule has 3 N–H and O–H groups in total. The van der Waals surface area contributed by atoms with Crippen LogP contribution in [0.4, 0.5) is 0 Å². The topological polar surface area (TPSA) is 152 Å². The third-order valence-electron chi connectivity index (χ3n) is 2.43. The lowest BCUT2D eigenvalue weighted by atomic mass is 10.3. The Morgan fingerprint density at radius 3 is 2.47 bits per heavy atom. The van der Waals surface area contributed by atoms with E-state index in [0.29, 0.717) is 4.57 Å². The number of carboxylic acid groups (broad SMARTS) is 2. The summed E-state index contributed by atoms with van der Waals surface area (Å²) in [5.74, 6) is -2.83. The summed E-state index contributed by atoms with van der Waals surface area (Å²) in [6.07, 6.45) is 0.634. The fraction of sp³-hybridized carbons (Fsp3) is 0.400. The molecule has 0 aromatic carbocycles. The van der Waals surface area contributed by atoms with E-state index in [1.165, 1.54) is 0 Å². The molecule has 9 heteroatoms. The van der Waals surface area contributed by atoms with E-state index in [1.807, 2.05) is 0 Å². The summed E-state index contributed by atoms with van der Waals surface area (Å²) in [4.78, 5) is 44.1. The highest BCUT2D eigenvalue weighted by molar-refractivity contribution is 5.68. The van der Waals surface area contributed by atoms with Crippen molar-refractivity contribution in [2.24, 2.45) is 0 Å². The van der Waals surface area contributed by atoms with Crippen molar-refractivity contribution in [2.75, 3.05) is 0 Å². The van der Waals surface area contributed by atoms with Crippen LogP contribution in [0.3, 0.4) is 0 Å². The Morgan fingerprint density at radius 1 is 1.32 bits per heavy atom. The zero-order valence-corrected chi connectivity index (χ0v) is 9.90. The number of hydrogen-bond acceptors (Lipinski definition) is 6. The van der Waals surface area contributed by atoms with Gasteiger partial charge in [0.15, 0.2) is 0 Å². The molecular formula is C10H12N3O6-. The first kappa shape index (κ1) is 14.6. The van der Waals surface area contributed by atoms with Gasteiger partial charge in [-0.2, -0.15) is 0 Å². The van der Waals surface area contributed by atoms with Gasteiger partial charge in [-0.15, -0.1) is 0 Å². The molecule has 19 heavy (non-hydrogen) atoms. The van der Waals surface area contributed by atoms with E-state index in [2.05, 4.69) is 5.73 Å². The van der Waals surface area contributed by atoms with Gasteiger partial charge in [-0.3, -0.25) is 13.9 Å². The number of rotatable bonds is 6. The van der Waals surface area contributed by atoms with E-state index in [4.69, 9.17) is 0 Å². The fourth-order valence-electron chi connectivity index (χ4n) is 1.42. The normalized spacial score (nSPS) is 12.1. The van der Waals surface area contributed by atoms with Crippen LogP contribution in [0.15, 0.2) is 21.9 Å². The summed E-state index contributed by atoms with van der Waals surface area (Å²) in [6.45, 7) is -0.610. The molecule has 1 heterocycles. The highest BCUT2D eigenvalue weighted by atomic mass is 16.4. The second kappa shape index (κ2) is 5.96. The predicted molar refractivity (Wildman–Crippen MR) is 56.3 cm³/mol. The van der Waals surface area contributed by atoms with Gasteiger partial charge in [-0.1, -0.05) is 0 Å². The van der Waals surface area contributed by atoms with Crippen molar-refractivity contribution in [3.05, 3.63) is 33.1 Å². The van der Waals surface area contributed by atoms with Crippen LogP contribution in [0.5, 0.6) is 0 Å². The Bertz CT molecular complexity index is 602. The lowest BCUT2D eigenvalue weighted by molar-refractivity contribution is -0.439. The first-order valence-electron chi connectivity index (χ1n) is 5.37. The summed E-state index contributed by atoms with van der Waals surface area (Å²) >= 11 is 0. The molecular weight excluding hydrogens is 258 g/mol. The van der Waals surface area contributed by atoms with Gasteiger partial charge in [0.2, 0.25) is 0 Å². The van der Waals surface area contributed by atoms with Crippen molar-refractivity contribution < 1.29 is 25.5 Å². The summed E-state index contributed by atoms with van der Waals surface area (Å²) in [6, 6.07) is -0.122. The molecule has 0 bridgehead atoms. The monoisotopic (exact) mass is 270 g/mol. The second-order valence-electron chi connectivity index (χ2n) is 3.88. The Morgan fingerprint density at radius 2 is 1.95 bits per heavy atom. The van der Waals surface area contributed by atoms with Crippen LogP contribution in [-0.2, 0) is 22.7 Å². The standard InChI is InChI=1S/C10H13N3O6/c11-6(9(17)18)5-12-3-1-7(14)13(10(12)19)4-2-8(15)16/h1,3,6H,2,4-5,11H2,(H,15,16)(H,17,18)/p-1/t6-/m0/s1. The van der Waals surface area contributed by atoms with E-state index >= 15 is 0 Å².